The van der Waals surface area contributed by atoms with Crippen LogP contribution in [0.15, 0.2) is 48.5 Å². The largest absolute Gasteiger partial charge is 0.308 e. The first kappa shape index (κ1) is 21.7. The smallest absolute Gasteiger partial charge is 0.0243 e. The number of hydrogen-bond acceptors (Lipinski definition) is 2. The van der Waals surface area contributed by atoms with Crippen LogP contribution in [0, 0.1) is 12.8 Å². The highest BCUT2D eigenvalue weighted by atomic mass is 15.2. The second-order valence-corrected chi connectivity index (χ2v) is 8.55. The summed E-state index contributed by atoms with van der Waals surface area (Å²) in [6.45, 7) is 12.3. The molecule has 0 bridgehead atoms. The van der Waals surface area contributed by atoms with Gasteiger partial charge < -0.3 is 4.90 Å². The van der Waals surface area contributed by atoms with Gasteiger partial charge in [-0.3, -0.25) is 4.90 Å². The van der Waals surface area contributed by atoms with E-state index in [1.54, 1.807) is 0 Å². The average Bonchev–Trinajstić information content (AvgIpc) is 2.62. The number of benzene rings is 2. The molecule has 0 saturated carbocycles. The van der Waals surface area contributed by atoms with Gasteiger partial charge in [0.25, 0.3) is 0 Å². The Balaban J connectivity index is 2.31. The molecule has 0 aliphatic heterocycles. The molecule has 0 radical (unpaired) electrons. The predicted octanol–water partition coefficient (Wildman–Crippen LogP) is 5.54. The lowest BCUT2D eigenvalue weighted by molar-refractivity contribution is 0.127. The van der Waals surface area contributed by atoms with Gasteiger partial charge >= 0.3 is 0 Å². The van der Waals surface area contributed by atoms with Gasteiger partial charge in [0.1, 0.15) is 0 Å². The van der Waals surface area contributed by atoms with Crippen LogP contribution in [-0.2, 0) is 19.5 Å². The topological polar surface area (TPSA) is 6.48 Å². The quantitative estimate of drug-likeness (QED) is 0.545. The van der Waals surface area contributed by atoms with Crippen LogP contribution in [0.3, 0.4) is 0 Å². The molecule has 0 aliphatic carbocycles. The molecule has 0 fully saturated rings. The van der Waals surface area contributed by atoms with Crippen molar-refractivity contribution in [3.63, 3.8) is 0 Å². The molecule has 0 heterocycles. The Bertz CT molecular complexity index is 680. The molecule has 2 rings (SSSR count). The predicted molar refractivity (Wildman–Crippen MR) is 118 cm³/mol. The number of rotatable bonds is 10. The summed E-state index contributed by atoms with van der Waals surface area (Å²) >= 11 is 0. The van der Waals surface area contributed by atoms with Crippen LogP contribution in [0.1, 0.15) is 49.4 Å². The van der Waals surface area contributed by atoms with Crippen molar-refractivity contribution >= 4 is 0 Å². The van der Waals surface area contributed by atoms with Crippen molar-refractivity contribution in [1.29, 1.82) is 0 Å². The lowest BCUT2D eigenvalue weighted by Gasteiger charge is -2.35. The van der Waals surface area contributed by atoms with E-state index in [9.17, 15) is 0 Å². The van der Waals surface area contributed by atoms with Crippen LogP contribution in [0.4, 0.5) is 0 Å². The fourth-order valence-corrected chi connectivity index (χ4v) is 3.81. The molecule has 148 valence electrons. The van der Waals surface area contributed by atoms with Crippen molar-refractivity contribution in [1.82, 2.24) is 9.80 Å². The molecule has 2 heteroatoms. The minimum absolute atomic E-state index is 0.546. The molecular formula is C25H38N2. The van der Waals surface area contributed by atoms with Crippen LogP contribution in [-0.4, -0.2) is 36.5 Å². The fraction of sp³-hybridized carbons (Fsp3) is 0.520. The van der Waals surface area contributed by atoms with Crippen LogP contribution in [0.25, 0.3) is 0 Å². The molecule has 27 heavy (non-hydrogen) atoms. The zero-order valence-electron chi connectivity index (χ0n) is 18.2. The van der Waals surface area contributed by atoms with E-state index in [2.05, 4.69) is 100 Å². The van der Waals surface area contributed by atoms with Gasteiger partial charge in [0.2, 0.25) is 0 Å². The molecule has 1 atom stereocenters. The van der Waals surface area contributed by atoms with Gasteiger partial charge in [-0.05, 0) is 62.0 Å². The minimum atomic E-state index is 0.546. The summed E-state index contributed by atoms with van der Waals surface area (Å²) in [4.78, 5) is 5.03. The van der Waals surface area contributed by atoms with Crippen molar-refractivity contribution in [2.24, 2.45) is 5.92 Å². The average molecular weight is 367 g/mol. The number of likely N-dealkylation sites (N-methyl/N-ethyl adjacent to an activating group) is 1. The van der Waals surface area contributed by atoms with E-state index in [0.717, 1.165) is 26.1 Å². The van der Waals surface area contributed by atoms with Crippen molar-refractivity contribution in [2.75, 3.05) is 20.6 Å². The van der Waals surface area contributed by atoms with Gasteiger partial charge in [0.15, 0.2) is 0 Å². The lowest BCUT2D eigenvalue weighted by atomic mass is 9.99. The van der Waals surface area contributed by atoms with Crippen molar-refractivity contribution in [3.05, 3.63) is 70.8 Å². The maximum atomic E-state index is 2.69. The fourth-order valence-electron chi connectivity index (χ4n) is 3.81. The Labute approximate surface area is 167 Å². The molecular weight excluding hydrogens is 328 g/mol. The zero-order valence-corrected chi connectivity index (χ0v) is 18.2. The Morgan fingerprint density at radius 2 is 1.59 bits per heavy atom. The Hall–Kier alpha value is -1.64. The maximum Gasteiger partial charge on any atom is 0.0243 e. The van der Waals surface area contributed by atoms with Gasteiger partial charge in [-0.2, -0.15) is 0 Å². The first-order chi connectivity index (χ1) is 12.9. The number of nitrogens with zero attached hydrogens (tertiary/aromatic N) is 2. The molecule has 0 N–H and O–H groups in total. The summed E-state index contributed by atoms with van der Waals surface area (Å²) in [5, 5.41) is 0. The second-order valence-electron chi connectivity index (χ2n) is 8.55. The van der Waals surface area contributed by atoms with Crippen LogP contribution >= 0.6 is 0 Å². The van der Waals surface area contributed by atoms with E-state index in [4.69, 9.17) is 0 Å². The molecule has 0 amide bonds. The standard InChI is InChI=1S/C25H38N2/c1-7-22-12-10-13-23(16-22)17-27(18-24-14-9-8-11-21(24)4)25(15-20(2)3)19-26(5)6/h8-14,16,20,25H,7,15,17-19H2,1-6H3/t25-/m0/s1. The van der Waals surface area contributed by atoms with Gasteiger partial charge in [-0.25, -0.2) is 0 Å². The molecule has 0 spiro atoms. The van der Waals surface area contributed by atoms with Gasteiger partial charge in [-0.1, -0.05) is 69.3 Å². The van der Waals surface area contributed by atoms with E-state index in [-0.39, 0.29) is 0 Å². The van der Waals surface area contributed by atoms with E-state index in [0.29, 0.717) is 12.0 Å². The van der Waals surface area contributed by atoms with E-state index >= 15 is 0 Å². The van der Waals surface area contributed by atoms with Crippen molar-refractivity contribution < 1.29 is 0 Å². The van der Waals surface area contributed by atoms with Crippen LogP contribution in [0.2, 0.25) is 0 Å². The van der Waals surface area contributed by atoms with E-state index in [1.807, 2.05) is 0 Å². The monoisotopic (exact) mass is 366 g/mol. The van der Waals surface area contributed by atoms with E-state index in [1.165, 1.54) is 28.7 Å². The van der Waals surface area contributed by atoms with Crippen molar-refractivity contribution in [2.45, 2.75) is 59.7 Å². The molecule has 2 aromatic rings. The third kappa shape index (κ3) is 7.12. The summed E-state index contributed by atoms with van der Waals surface area (Å²) in [7, 11) is 4.38. The lowest BCUT2D eigenvalue weighted by Crippen LogP contribution is -2.42. The summed E-state index contributed by atoms with van der Waals surface area (Å²) in [6, 6.07) is 18.5. The molecule has 0 aliphatic rings. The summed E-state index contributed by atoms with van der Waals surface area (Å²) in [5.74, 6) is 0.691. The highest BCUT2D eigenvalue weighted by Crippen LogP contribution is 2.21. The Morgan fingerprint density at radius 1 is 0.889 bits per heavy atom. The normalized spacial score (nSPS) is 12.9. The molecule has 0 unspecified atom stereocenters. The molecule has 2 nitrogen and oxygen atoms in total. The SMILES string of the molecule is CCc1cccc(CN(Cc2ccccc2C)[C@@H](CC(C)C)CN(C)C)c1. The first-order valence-electron chi connectivity index (χ1n) is 10.4. The highest BCUT2D eigenvalue weighted by Gasteiger charge is 2.21. The molecule has 0 aromatic heterocycles. The number of aryl methyl sites for hydroxylation is 2. The number of hydrogen-bond donors (Lipinski definition) is 0. The summed E-state index contributed by atoms with van der Waals surface area (Å²) < 4.78 is 0. The molecule has 2 aromatic carbocycles. The van der Waals surface area contributed by atoms with Gasteiger partial charge in [-0.15, -0.1) is 0 Å². The Morgan fingerprint density at radius 3 is 2.22 bits per heavy atom. The van der Waals surface area contributed by atoms with Gasteiger partial charge in [0, 0.05) is 25.7 Å². The minimum Gasteiger partial charge on any atom is -0.308 e. The van der Waals surface area contributed by atoms with Gasteiger partial charge in [0.05, 0.1) is 0 Å². The van der Waals surface area contributed by atoms with Crippen LogP contribution < -0.4 is 0 Å². The maximum absolute atomic E-state index is 2.69. The third-order valence-corrected chi connectivity index (χ3v) is 5.26. The Kier molecular flexibility index (Phi) is 8.53. The first-order valence-corrected chi connectivity index (χ1v) is 10.4. The summed E-state index contributed by atoms with van der Waals surface area (Å²) in [5.41, 5.74) is 5.68. The highest BCUT2D eigenvalue weighted by molar-refractivity contribution is 5.27. The summed E-state index contributed by atoms with van der Waals surface area (Å²) in [6.07, 6.45) is 2.32. The van der Waals surface area contributed by atoms with E-state index < -0.39 is 0 Å². The third-order valence-electron chi connectivity index (χ3n) is 5.26. The second kappa shape index (κ2) is 10.6. The zero-order chi connectivity index (χ0) is 19.8. The van der Waals surface area contributed by atoms with Crippen LogP contribution in [0.5, 0.6) is 0 Å². The molecule has 0 saturated heterocycles. The van der Waals surface area contributed by atoms with Crippen molar-refractivity contribution in [3.8, 4) is 0 Å².